The molecule has 2 saturated heterocycles. The highest BCUT2D eigenvalue weighted by Crippen LogP contribution is 2.57. The van der Waals surface area contributed by atoms with Gasteiger partial charge in [0.15, 0.2) is 6.10 Å². The number of piperazine rings is 1. The predicted molar refractivity (Wildman–Crippen MR) is 95.7 cm³/mol. The number of carbonyl (C=O) groups excluding carboxylic acids is 3. The molecular weight excluding hydrogens is 368 g/mol. The molecule has 4 rings (SSSR count). The number of aliphatic hydroxyl groups is 1. The van der Waals surface area contributed by atoms with Gasteiger partial charge in [-0.2, -0.15) is 0 Å². The molecule has 3 N–H and O–H groups in total. The van der Waals surface area contributed by atoms with Crippen molar-refractivity contribution >= 4 is 17.7 Å². The van der Waals surface area contributed by atoms with Gasteiger partial charge in [-0.1, -0.05) is 0 Å². The Labute approximate surface area is 162 Å². The summed E-state index contributed by atoms with van der Waals surface area (Å²) in [5, 5.41) is 9.09. The molecule has 2 fully saturated rings. The zero-order valence-corrected chi connectivity index (χ0v) is 16.3. The first-order valence-electron chi connectivity index (χ1n) is 9.09. The van der Waals surface area contributed by atoms with Crippen LogP contribution in [0.2, 0.25) is 0 Å². The van der Waals surface area contributed by atoms with Crippen molar-refractivity contribution in [2.75, 3.05) is 40.9 Å². The van der Waals surface area contributed by atoms with Crippen LogP contribution in [0.15, 0.2) is 22.5 Å². The minimum Gasteiger partial charge on any atom is -0.436 e. The molecule has 3 aliphatic heterocycles. The number of hydrogen-bond acceptors (Lipinski definition) is 9. The Morgan fingerprint density at radius 1 is 1.39 bits per heavy atom. The van der Waals surface area contributed by atoms with Crippen molar-refractivity contribution in [2.45, 2.75) is 30.8 Å². The van der Waals surface area contributed by atoms with E-state index in [1.54, 1.807) is 4.90 Å². The summed E-state index contributed by atoms with van der Waals surface area (Å²) >= 11 is 0. The minimum absolute atomic E-state index is 0.0689. The summed E-state index contributed by atoms with van der Waals surface area (Å²) in [5.41, 5.74) is 5.06. The fourth-order valence-corrected chi connectivity index (χ4v) is 4.73. The van der Waals surface area contributed by atoms with E-state index in [4.69, 9.17) is 20.3 Å². The SMILES string of the molecule is CO[C@@]12[C@H](OC(=O)N(C)CCO)C3=C(C(=O)C(C)=C(N)C3=O)N1C[C@@H]1[C@H]2N1C. The van der Waals surface area contributed by atoms with E-state index in [1.165, 1.54) is 26.0 Å². The number of hydrogen-bond donors (Lipinski definition) is 2. The van der Waals surface area contributed by atoms with E-state index in [9.17, 15) is 14.4 Å². The minimum atomic E-state index is -1.17. The Bertz CT molecular complexity index is 851. The number of nitrogens with two attached hydrogens (primary N) is 1. The molecule has 0 saturated carbocycles. The highest BCUT2D eigenvalue weighted by atomic mass is 16.6. The first kappa shape index (κ1) is 18.9. The summed E-state index contributed by atoms with van der Waals surface area (Å²) in [7, 11) is 4.88. The number of methoxy groups -OCH3 is 1. The maximum Gasteiger partial charge on any atom is 0.410 e. The van der Waals surface area contributed by atoms with Gasteiger partial charge < -0.3 is 30.1 Å². The second kappa shape index (κ2) is 6.03. The van der Waals surface area contributed by atoms with Crippen LogP contribution >= 0.6 is 0 Å². The number of rotatable bonds is 4. The molecule has 28 heavy (non-hydrogen) atoms. The zero-order valence-electron chi connectivity index (χ0n) is 16.3. The van der Waals surface area contributed by atoms with Crippen LogP contribution in [0.5, 0.6) is 0 Å². The summed E-state index contributed by atoms with van der Waals surface area (Å²) in [4.78, 5) is 43.6. The number of nitrogens with zero attached hydrogens (tertiary/aromatic N) is 3. The molecule has 0 aromatic rings. The number of allylic oxidation sites excluding steroid dienone is 2. The van der Waals surface area contributed by atoms with E-state index in [-0.39, 0.29) is 53.6 Å². The van der Waals surface area contributed by atoms with Crippen LogP contribution in [-0.2, 0) is 19.1 Å². The molecule has 0 radical (unpaired) electrons. The number of Topliss-reactive ketones (excluding diaryl/α,β-unsaturated/α-hetero) is 2. The van der Waals surface area contributed by atoms with Crippen molar-refractivity contribution in [3.8, 4) is 0 Å². The molecule has 5 atom stereocenters. The lowest BCUT2D eigenvalue weighted by Gasteiger charge is -2.40. The summed E-state index contributed by atoms with van der Waals surface area (Å²) in [6, 6.07) is 0.00279. The number of ketones is 2. The van der Waals surface area contributed by atoms with Crippen LogP contribution < -0.4 is 5.73 Å². The fraction of sp³-hybridized carbons (Fsp3) is 0.611. The predicted octanol–water partition coefficient (Wildman–Crippen LogP) is -1.59. The van der Waals surface area contributed by atoms with E-state index in [0.717, 1.165) is 0 Å². The lowest BCUT2D eigenvalue weighted by molar-refractivity contribution is -0.161. The Kier molecular flexibility index (Phi) is 4.07. The van der Waals surface area contributed by atoms with Crippen molar-refractivity contribution in [2.24, 2.45) is 5.73 Å². The highest BCUT2D eigenvalue weighted by molar-refractivity contribution is 6.25. The molecule has 1 aliphatic carbocycles. The van der Waals surface area contributed by atoms with E-state index >= 15 is 0 Å². The van der Waals surface area contributed by atoms with Gasteiger partial charge in [-0.25, -0.2) is 4.79 Å². The molecule has 1 amide bonds. The monoisotopic (exact) mass is 392 g/mol. The van der Waals surface area contributed by atoms with Crippen molar-refractivity contribution in [3.05, 3.63) is 22.5 Å². The van der Waals surface area contributed by atoms with Crippen LogP contribution in [-0.4, -0.2) is 102 Å². The van der Waals surface area contributed by atoms with Gasteiger partial charge in [0, 0.05) is 38.9 Å². The lowest BCUT2D eigenvalue weighted by Crippen LogP contribution is -2.58. The van der Waals surface area contributed by atoms with Gasteiger partial charge in [0.05, 0.1) is 29.6 Å². The van der Waals surface area contributed by atoms with Gasteiger partial charge in [-0.05, 0) is 14.0 Å². The fourth-order valence-electron chi connectivity index (χ4n) is 4.73. The van der Waals surface area contributed by atoms with Crippen molar-refractivity contribution in [3.63, 3.8) is 0 Å². The number of carbonyl (C=O) groups is 3. The van der Waals surface area contributed by atoms with Gasteiger partial charge in [-0.3, -0.25) is 14.5 Å². The molecule has 3 heterocycles. The van der Waals surface area contributed by atoms with E-state index in [2.05, 4.69) is 4.90 Å². The van der Waals surface area contributed by atoms with Gasteiger partial charge >= 0.3 is 6.09 Å². The smallest absolute Gasteiger partial charge is 0.410 e. The van der Waals surface area contributed by atoms with E-state index in [1.807, 2.05) is 7.05 Å². The molecule has 10 nitrogen and oxygen atoms in total. The molecule has 4 aliphatic rings. The Balaban J connectivity index is 1.80. The van der Waals surface area contributed by atoms with Crippen molar-refractivity contribution in [1.29, 1.82) is 0 Å². The number of aliphatic hydroxyl groups excluding tert-OH is 1. The van der Waals surface area contributed by atoms with Gasteiger partial charge in [-0.15, -0.1) is 0 Å². The summed E-state index contributed by atoms with van der Waals surface area (Å²) in [6.07, 6.45) is -1.83. The van der Waals surface area contributed by atoms with Crippen LogP contribution in [0.3, 0.4) is 0 Å². The summed E-state index contributed by atoms with van der Waals surface area (Å²) in [6.45, 7) is 1.85. The number of ether oxygens (including phenoxy) is 2. The average Bonchev–Trinajstić information content (AvgIpc) is 3.05. The molecule has 1 unspecified atom stereocenters. The van der Waals surface area contributed by atoms with Crippen LogP contribution in [0.1, 0.15) is 6.92 Å². The van der Waals surface area contributed by atoms with Crippen LogP contribution in [0, 0.1) is 0 Å². The Morgan fingerprint density at radius 3 is 2.68 bits per heavy atom. The topological polar surface area (TPSA) is 125 Å². The Morgan fingerprint density at radius 2 is 2.07 bits per heavy atom. The summed E-state index contributed by atoms with van der Waals surface area (Å²) < 4.78 is 11.6. The second-order valence-corrected chi connectivity index (χ2v) is 7.61. The molecule has 0 bridgehead atoms. The standard InChI is InChI=1S/C18H24N4O6/c1-8-11(19)14(25)10-12(13(8)24)22-7-9-15(21(9)3)18(22,27-4)16(10)28-17(26)20(2)5-6-23/h9,15-16,23H,5-7,19H2,1-4H3/t9-,15-,16-,18+,21?/m1/s1. The van der Waals surface area contributed by atoms with E-state index < -0.39 is 23.7 Å². The van der Waals surface area contributed by atoms with Gasteiger partial charge in [0.1, 0.15) is 0 Å². The number of fused-ring (bicyclic) bond motifs is 4. The Hall–Kier alpha value is -2.43. The first-order valence-corrected chi connectivity index (χ1v) is 9.09. The lowest BCUT2D eigenvalue weighted by atomic mass is 9.88. The largest absolute Gasteiger partial charge is 0.436 e. The number of likely N-dealkylation sites (N-methyl/N-ethyl adjacent to an activating group) is 2. The molecule has 0 aromatic carbocycles. The van der Waals surface area contributed by atoms with E-state index in [0.29, 0.717) is 6.54 Å². The highest BCUT2D eigenvalue weighted by Gasteiger charge is 2.76. The van der Waals surface area contributed by atoms with Crippen LogP contribution in [0.4, 0.5) is 4.79 Å². The molecular formula is C18H24N4O6. The zero-order chi connectivity index (χ0) is 20.5. The maximum absolute atomic E-state index is 13.0. The first-order chi connectivity index (χ1) is 13.2. The van der Waals surface area contributed by atoms with Crippen molar-refractivity contribution < 1.29 is 29.0 Å². The third-order valence-electron chi connectivity index (χ3n) is 6.36. The molecule has 10 heteroatoms. The average molecular weight is 392 g/mol. The molecule has 0 spiro atoms. The normalized spacial score (nSPS) is 35.8. The third kappa shape index (κ3) is 2.10. The second-order valence-electron chi connectivity index (χ2n) is 7.61. The summed E-state index contributed by atoms with van der Waals surface area (Å²) in [5.74, 6) is -0.861. The van der Waals surface area contributed by atoms with Crippen LogP contribution in [0.25, 0.3) is 0 Å². The van der Waals surface area contributed by atoms with Gasteiger partial charge in [0.25, 0.3) is 0 Å². The van der Waals surface area contributed by atoms with Gasteiger partial charge in [0.2, 0.25) is 17.3 Å². The maximum atomic E-state index is 13.0. The third-order valence-corrected chi connectivity index (χ3v) is 6.36. The quantitative estimate of drug-likeness (QED) is 0.430. The molecule has 152 valence electrons. The van der Waals surface area contributed by atoms with Crippen molar-refractivity contribution in [1.82, 2.24) is 14.7 Å². The number of amides is 1. The molecule has 0 aromatic heterocycles.